The highest BCUT2D eigenvalue weighted by atomic mass is 32.1. The van der Waals surface area contributed by atoms with Gasteiger partial charge in [0.25, 0.3) is 0 Å². The van der Waals surface area contributed by atoms with Crippen LogP contribution in [-0.4, -0.2) is 47.0 Å². The van der Waals surface area contributed by atoms with Gasteiger partial charge in [0.1, 0.15) is 5.82 Å². The van der Waals surface area contributed by atoms with Gasteiger partial charge in [0.05, 0.1) is 22.7 Å². The second kappa shape index (κ2) is 9.05. The Morgan fingerprint density at radius 3 is 2.42 bits per heavy atom. The number of carbonyl (C=O) groups is 1. The molecule has 4 rings (SSSR count). The van der Waals surface area contributed by atoms with Crippen molar-refractivity contribution in [3.05, 3.63) is 75.9 Å². The van der Waals surface area contributed by atoms with Crippen LogP contribution in [-0.2, 0) is 23.8 Å². The Labute approximate surface area is 182 Å². The van der Waals surface area contributed by atoms with Crippen molar-refractivity contribution < 1.29 is 18.0 Å². The summed E-state index contributed by atoms with van der Waals surface area (Å²) in [4.78, 5) is 24.9. The number of hydrogen-bond acceptors (Lipinski definition) is 5. The number of carbonyl (C=O) groups excluding carboxylic acids is 1. The fraction of sp³-hybridized carbons (Fsp3) is 0.318. The molecule has 1 amide bonds. The third-order valence-corrected chi connectivity index (χ3v) is 6.06. The van der Waals surface area contributed by atoms with Crippen molar-refractivity contribution in [1.82, 2.24) is 14.9 Å². The van der Waals surface area contributed by atoms with Gasteiger partial charge in [0.2, 0.25) is 5.91 Å². The van der Waals surface area contributed by atoms with Gasteiger partial charge in [0, 0.05) is 44.2 Å². The normalized spacial score (nSPS) is 14.7. The van der Waals surface area contributed by atoms with Gasteiger partial charge in [-0.15, -0.1) is 11.3 Å². The van der Waals surface area contributed by atoms with Crippen molar-refractivity contribution in [3.63, 3.8) is 0 Å². The highest BCUT2D eigenvalue weighted by Crippen LogP contribution is 2.29. The molecule has 0 radical (unpaired) electrons. The van der Waals surface area contributed by atoms with Gasteiger partial charge in [-0.05, 0) is 17.7 Å². The smallest absolute Gasteiger partial charge is 0.353 e. The molecule has 1 aliphatic heterocycles. The van der Waals surface area contributed by atoms with Gasteiger partial charge in [-0.2, -0.15) is 13.2 Å². The van der Waals surface area contributed by atoms with E-state index in [0.717, 1.165) is 29.4 Å². The van der Waals surface area contributed by atoms with Crippen molar-refractivity contribution in [3.8, 4) is 0 Å². The number of halogens is 3. The van der Waals surface area contributed by atoms with E-state index in [-0.39, 0.29) is 12.3 Å². The molecule has 162 valence electrons. The molecular formula is C22H21F3N4OS. The molecule has 0 atom stereocenters. The Morgan fingerprint density at radius 2 is 1.77 bits per heavy atom. The Kier molecular flexibility index (Phi) is 6.22. The zero-order chi connectivity index (χ0) is 21.8. The molecule has 1 aliphatic rings. The summed E-state index contributed by atoms with van der Waals surface area (Å²) in [5, 5.41) is 2.91. The standard InChI is InChI=1S/C22H21F3N4OS/c23-22(24,25)17-6-7-19(26-14-17)28-8-10-29(11-9-28)21(30)13-18-15-31-20(27-18)12-16-4-2-1-3-5-16/h1-7,14-15H,8-13H2. The Bertz CT molecular complexity index is 1010. The van der Waals surface area contributed by atoms with E-state index in [2.05, 4.69) is 22.1 Å². The molecule has 3 aromatic rings. The van der Waals surface area contributed by atoms with Crippen LogP contribution in [0.15, 0.2) is 54.0 Å². The van der Waals surface area contributed by atoms with Crippen LogP contribution in [0.2, 0.25) is 0 Å². The highest BCUT2D eigenvalue weighted by molar-refractivity contribution is 7.09. The highest BCUT2D eigenvalue weighted by Gasteiger charge is 2.31. The summed E-state index contributed by atoms with van der Waals surface area (Å²) in [5.74, 6) is 0.502. The minimum Gasteiger partial charge on any atom is -0.353 e. The summed E-state index contributed by atoms with van der Waals surface area (Å²) in [7, 11) is 0. The molecule has 0 bridgehead atoms. The SMILES string of the molecule is O=C(Cc1csc(Cc2ccccc2)n1)N1CCN(c2ccc(C(F)(F)F)cn2)CC1. The third-order valence-electron chi connectivity index (χ3n) is 5.16. The molecule has 1 aromatic carbocycles. The second-order valence-corrected chi connectivity index (χ2v) is 8.29. The predicted molar refractivity (Wildman–Crippen MR) is 113 cm³/mol. The largest absolute Gasteiger partial charge is 0.417 e. The quantitative estimate of drug-likeness (QED) is 0.594. The summed E-state index contributed by atoms with van der Waals surface area (Å²) in [5.41, 5.74) is 1.19. The zero-order valence-electron chi connectivity index (χ0n) is 16.7. The lowest BCUT2D eigenvalue weighted by Gasteiger charge is -2.35. The molecule has 1 fully saturated rings. The summed E-state index contributed by atoms with van der Waals surface area (Å²) in [6.07, 6.45) is -2.54. The van der Waals surface area contributed by atoms with E-state index in [1.807, 2.05) is 28.5 Å². The Hall–Kier alpha value is -2.94. The molecule has 3 heterocycles. The predicted octanol–water partition coefficient (Wildman–Crippen LogP) is 4.04. The van der Waals surface area contributed by atoms with Gasteiger partial charge < -0.3 is 9.80 Å². The van der Waals surface area contributed by atoms with Crippen molar-refractivity contribution in [1.29, 1.82) is 0 Å². The third kappa shape index (κ3) is 5.41. The van der Waals surface area contributed by atoms with Crippen LogP contribution < -0.4 is 4.90 Å². The number of amides is 1. The molecule has 0 N–H and O–H groups in total. The molecule has 9 heteroatoms. The van der Waals surface area contributed by atoms with Crippen molar-refractivity contribution >= 4 is 23.1 Å². The van der Waals surface area contributed by atoms with Crippen LogP contribution in [0.1, 0.15) is 21.8 Å². The fourth-order valence-electron chi connectivity index (χ4n) is 3.47. The van der Waals surface area contributed by atoms with E-state index in [1.165, 1.54) is 11.6 Å². The van der Waals surface area contributed by atoms with Crippen LogP contribution in [0.3, 0.4) is 0 Å². The minimum atomic E-state index is -4.40. The maximum absolute atomic E-state index is 12.7. The van der Waals surface area contributed by atoms with Crippen LogP contribution in [0.25, 0.3) is 0 Å². The summed E-state index contributed by atoms with van der Waals surface area (Å²) in [6, 6.07) is 12.5. The van der Waals surface area contributed by atoms with E-state index in [0.29, 0.717) is 32.0 Å². The molecule has 5 nitrogen and oxygen atoms in total. The lowest BCUT2D eigenvalue weighted by atomic mass is 10.2. The number of aromatic nitrogens is 2. The van der Waals surface area contributed by atoms with E-state index in [4.69, 9.17) is 0 Å². The molecule has 0 saturated carbocycles. The number of rotatable bonds is 5. The van der Waals surface area contributed by atoms with Gasteiger partial charge in [-0.25, -0.2) is 9.97 Å². The second-order valence-electron chi connectivity index (χ2n) is 7.34. The van der Waals surface area contributed by atoms with E-state index >= 15 is 0 Å². The first-order valence-electron chi connectivity index (χ1n) is 9.91. The van der Waals surface area contributed by atoms with E-state index < -0.39 is 11.7 Å². The number of hydrogen-bond donors (Lipinski definition) is 0. The first-order valence-corrected chi connectivity index (χ1v) is 10.8. The maximum atomic E-state index is 12.7. The first kappa shape index (κ1) is 21.3. The van der Waals surface area contributed by atoms with Crippen LogP contribution >= 0.6 is 11.3 Å². The average molecular weight is 446 g/mol. The fourth-order valence-corrected chi connectivity index (χ4v) is 4.30. The summed E-state index contributed by atoms with van der Waals surface area (Å²) >= 11 is 1.56. The molecular weight excluding hydrogens is 425 g/mol. The topological polar surface area (TPSA) is 49.3 Å². The molecule has 1 saturated heterocycles. The van der Waals surface area contributed by atoms with Gasteiger partial charge >= 0.3 is 6.18 Å². The van der Waals surface area contributed by atoms with Gasteiger partial charge in [0.15, 0.2) is 0 Å². The Morgan fingerprint density at radius 1 is 1.03 bits per heavy atom. The number of piperazine rings is 1. The van der Waals surface area contributed by atoms with E-state index in [1.54, 1.807) is 16.2 Å². The number of benzene rings is 1. The number of alkyl halides is 3. The molecule has 0 aliphatic carbocycles. The van der Waals surface area contributed by atoms with Crippen LogP contribution in [0, 0.1) is 0 Å². The molecule has 2 aromatic heterocycles. The Balaban J connectivity index is 1.29. The zero-order valence-corrected chi connectivity index (χ0v) is 17.5. The van der Waals surface area contributed by atoms with E-state index in [9.17, 15) is 18.0 Å². The first-order chi connectivity index (χ1) is 14.9. The van der Waals surface area contributed by atoms with Crippen molar-refractivity contribution in [2.75, 3.05) is 31.1 Å². The number of nitrogens with zero attached hydrogens (tertiary/aromatic N) is 4. The monoisotopic (exact) mass is 446 g/mol. The molecule has 0 spiro atoms. The number of anilines is 1. The minimum absolute atomic E-state index is 0.0107. The summed E-state index contributed by atoms with van der Waals surface area (Å²) < 4.78 is 38.1. The van der Waals surface area contributed by atoms with Crippen molar-refractivity contribution in [2.24, 2.45) is 0 Å². The lowest BCUT2D eigenvalue weighted by Crippen LogP contribution is -2.49. The van der Waals surface area contributed by atoms with Crippen LogP contribution in [0.4, 0.5) is 19.0 Å². The van der Waals surface area contributed by atoms with Crippen LogP contribution in [0.5, 0.6) is 0 Å². The summed E-state index contributed by atoms with van der Waals surface area (Å²) in [6.45, 7) is 2.06. The van der Waals surface area contributed by atoms with Crippen molar-refractivity contribution in [2.45, 2.75) is 19.0 Å². The average Bonchev–Trinajstić information content (AvgIpc) is 3.20. The number of thiazole rings is 1. The van der Waals surface area contributed by atoms with Gasteiger partial charge in [-0.1, -0.05) is 30.3 Å². The molecule has 31 heavy (non-hydrogen) atoms. The molecule has 0 unspecified atom stereocenters. The maximum Gasteiger partial charge on any atom is 0.417 e. The van der Waals surface area contributed by atoms with Gasteiger partial charge in [-0.3, -0.25) is 4.79 Å². The number of pyridine rings is 1. The lowest BCUT2D eigenvalue weighted by molar-refractivity contribution is -0.137.